The highest BCUT2D eigenvalue weighted by molar-refractivity contribution is 5.90. The molecule has 0 heterocycles. The summed E-state index contributed by atoms with van der Waals surface area (Å²) in [6.45, 7) is 3.88. The van der Waals surface area contributed by atoms with Crippen LogP contribution in [0, 0.1) is 0 Å². The van der Waals surface area contributed by atoms with Gasteiger partial charge < -0.3 is 10.1 Å². The van der Waals surface area contributed by atoms with Gasteiger partial charge in [-0.1, -0.05) is 60.7 Å². The summed E-state index contributed by atoms with van der Waals surface area (Å²) in [5.41, 5.74) is 0.501. The smallest absolute Gasteiger partial charge is 0.261 e. The van der Waals surface area contributed by atoms with E-state index in [9.17, 15) is 4.79 Å². The molecule has 3 heteroatoms. The van der Waals surface area contributed by atoms with E-state index in [1.54, 1.807) is 7.11 Å². The molecule has 2 rings (SSSR count). The van der Waals surface area contributed by atoms with E-state index in [1.807, 2.05) is 74.5 Å². The maximum atomic E-state index is 12.9. The molecule has 0 saturated heterocycles. The van der Waals surface area contributed by atoms with Crippen molar-refractivity contribution in [3.05, 3.63) is 71.8 Å². The molecule has 0 atom stereocenters. The molecule has 3 nitrogen and oxygen atoms in total. The van der Waals surface area contributed by atoms with Gasteiger partial charge in [0.25, 0.3) is 5.91 Å². The third-order valence-electron chi connectivity index (χ3n) is 3.41. The van der Waals surface area contributed by atoms with Crippen LogP contribution in [0.3, 0.4) is 0 Å². The van der Waals surface area contributed by atoms with Gasteiger partial charge in [-0.3, -0.25) is 4.79 Å². The Bertz CT molecular complexity index is 539. The Labute approximate surface area is 126 Å². The Kier molecular flexibility index (Phi) is 4.76. The second-order valence-electron chi connectivity index (χ2n) is 5.25. The summed E-state index contributed by atoms with van der Waals surface area (Å²) in [5, 5.41) is 2.97. The lowest BCUT2D eigenvalue weighted by molar-refractivity contribution is -0.140. The summed E-state index contributed by atoms with van der Waals surface area (Å²) >= 11 is 0. The molecule has 0 saturated carbocycles. The lowest BCUT2D eigenvalue weighted by Crippen LogP contribution is -2.48. The average molecular weight is 283 g/mol. The summed E-state index contributed by atoms with van der Waals surface area (Å²) in [7, 11) is 1.57. The third-order valence-corrected chi connectivity index (χ3v) is 3.41. The van der Waals surface area contributed by atoms with E-state index in [1.165, 1.54) is 0 Å². The number of carbonyl (C=O) groups is 1. The van der Waals surface area contributed by atoms with E-state index in [2.05, 4.69) is 5.32 Å². The standard InChI is InChI=1S/C18H21NO2/c1-14(2)19-17(20)18(21-3,15-10-6-4-7-11-15)16-12-8-5-9-13-16/h4-14H,1-3H3,(H,19,20). The number of nitrogens with one attached hydrogen (secondary N) is 1. The molecule has 0 bridgehead atoms. The maximum absolute atomic E-state index is 12.9. The Morgan fingerprint density at radius 3 is 1.71 bits per heavy atom. The Morgan fingerprint density at radius 1 is 0.952 bits per heavy atom. The molecule has 1 N–H and O–H groups in total. The van der Waals surface area contributed by atoms with Crippen molar-refractivity contribution >= 4 is 5.91 Å². The van der Waals surface area contributed by atoms with Crippen LogP contribution in [0.15, 0.2) is 60.7 Å². The van der Waals surface area contributed by atoms with Gasteiger partial charge in [0, 0.05) is 13.2 Å². The Hall–Kier alpha value is -2.13. The van der Waals surface area contributed by atoms with Crippen molar-refractivity contribution in [2.75, 3.05) is 7.11 Å². The second-order valence-corrected chi connectivity index (χ2v) is 5.25. The van der Waals surface area contributed by atoms with E-state index in [-0.39, 0.29) is 11.9 Å². The number of hydrogen-bond donors (Lipinski definition) is 1. The monoisotopic (exact) mass is 283 g/mol. The Morgan fingerprint density at radius 2 is 1.38 bits per heavy atom. The molecule has 1 amide bonds. The highest BCUT2D eigenvalue weighted by Gasteiger charge is 2.42. The highest BCUT2D eigenvalue weighted by Crippen LogP contribution is 2.33. The maximum Gasteiger partial charge on any atom is 0.261 e. The summed E-state index contributed by atoms with van der Waals surface area (Å²) in [6.07, 6.45) is 0. The van der Waals surface area contributed by atoms with Crippen LogP contribution in [0.1, 0.15) is 25.0 Å². The molecule has 21 heavy (non-hydrogen) atoms. The van der Waals surface area contributed by atoms with Crippen LogP contribution in [0.5, 0.6) is 0 Å². The first kappa shape index (κ1) is 15.3. The van der Waals surface area contributed by atoms with E-state index >= 15 is 0 Å². The molecule has 0 aliphatic heterocycles. The van der Waals surface area contributed by atoms with Gasteiger partial charge in [-0.2, -0.15) is 0 Å². The molecule has 2 aromatic rings. The van der Waals surface area contributed by atoms with Gasteiger partial charge in [-0.15, -0.1) is 0 Å². The first-order chi connectivity index (χ1) is 10.1. The fourth-order valence-electron chi connectivity index (χ4n) is 2.47. The van der Waals surface area contributed by atoms with Crippen LogP contribution in [0.4, 0.5) is 0 Å². The van der Waals surface area contributed by atoms with Crippen molar-refractivity contribution in [3.63, 3.8) is 0 Å². The van der Waals surface area contributed by atoms with Crippen molar-refractivity contribution in [1.82, 2.24) is 5.32 Å². The predicted octanol–water partition coefficient (Wildman–Crippen LogP) is 3.10. The van der Waals surface area contributed by atoms with Gasteiger partial charge >= 0.3 is 0 Å². The summed E-state index contributed by atoms with van der Waals surface area (Å²) in [4.78, 5) is 12.9. The molecule has 0 aliphatic carbocycles. The number of amides is 1. The predicted molar refractivity (Wildman–Crippen MR) is 84.0 cm³/mol. The van der Waals surface area contributed by atoms with Crippen LogP contribution in [0.2, 0.25) is 0 Å². The molecular weight excluding hydrogens is 262 g/mol. The number of carbonyl (C=O) groups excluding carboxylic acids is 1. The minimum absolute atomic E-state index is 0.0412. The lowest BCUT2D eigenvalue weighted by Gasteiger charge is -2.33. The van der Waals surface area contributed by atoms with Crippen LogP contribution in [-0.4, -0.2) is 19.1 Å². The first-order valence-corrected chi connectivity index (χ1v) is 7.08. The van der Waals surface area contributed by atoms with E-state index in [0.29, 0.717) is 0 Å². The molecule has 0 spiro atoms. The van der Waals surface area contributed by atoms with Crippen molar-refractivity contribution in [2.24, 2.45) is 0 Å². The molecule has 0 aliphatic rings. The van der Waals surface area contributed by atoms with Gasteiger partial charge in [0.15, 0.2) is 5.60 Å². The number of methoxy groups -OCH3 is 1. The zero-order chi connectivity index (χ0) is 15.3. The van der Waals surface area contributed by atoms with Crippen LogP contribution in [-0.2, 0) is 15.1 Å². The minimum Gasteiger partial charge on any atom is -0.359 e. The summed E-state index contributed by atoms with van der Waals surface area (Å²) in [6, 6.07) is 19.2. The number of hydrogen-bond acceptors (Lipinski definition) is 2. The molecule has 0 unspecified atom stereocenters. The van der Waals surface area contributed by atoms with Crippen molar-refractivity contribution in [2.45, 2.75) is 25.5 Å². The zero-order valence-electron chi connectivity index (χ0n) is 12.7. The summed E-state index contributed by atoms with van der Waals surface area (Å²) < 4.78 is 5.76. The van der Waals surface area contributed by atoms with Gasteiger partial charge in [0.05, 0.1) is 0 Å². The first-order valence-electron chi connectivity index (χ1n) is 7.08. The summed E-state index contributed by atoms with van der Waals surface area (Å²) in [5.74, 6) is -0.155. The van der Waals surface area contributed by atoms with Crippen LogP contribution < -0.4 is 5.32 Å². The normalized spacial score (nSPS) is 11.4. The van der Waals surface area contributed by atoms with Gasteiger partial charge in [0.1, 0.15) is 0 Å². The van der Waals surface area contributed by atoms with Gasteiger partial charge in [-0.25, -0.2) is 0 Å². The Balaban J connectivity index is 2.60. The van der Waals surface area contributed by atoms with Gasteiger partial charge in [0.2, 0.25) is 0 Å². The van der Waals surface area contributed by atoms with Crippen LogP contribution >= 0.6 is 0 Å². The molecule has 0 radical (unpaired) electrons. The molecule has 2 aromatic carbocycles. The molecule has 110 valence electrons. The molecular formula is C18H21NO2. The van der Waals surface area contributed by atoms with Crippen molar-refractivity contribution in [3.8, 4) is 0 Å². The largest absolute Gasteiger partial charge is 0.359 e. The zero-order valence-corrected chi connectivity index (χ0v) is 12.7. The lowest BCUT2D eigenvalue weighted by atomic mass is 9.85. The average Bonchev–Trinajstić information content (AvgIpc) is 2.50. The highest BCUT2D eigenvalue weighted by atomic mass is 16.5. The fraction of sp³-hybridized carbons (Fsp3) is 0.278. The van der Waals surface area contributed by atoms with Crippen molar-refractivity contribution in [1.29, 1.82) is 0 Å². The third kappa shape index (κ3) is 2.98. The minimum atomic E-state index is -1.13. The molecule has 0 aromatic heterocycles. The number of benzene rings is 2. The van der Waals surface area contributed by atoms with E-state index < -0.39 is 5.60 Å². The second kappa shape index (κ2) is 6.55. The number of ether oxygens (including phenoxy) is 1. The van der Waals surface area contributed by atoms with E-state index in [4.69, 9.17) is 4.74 Å². The molecule has 0 fully saturated rings. The quantitative estimate of drug-likeness (QED) is 0.915. The number of rotatable bonds is 5. The van der Waals surface area contributed by atoms with Crippen molar-refractivity contribution < 1.29 is 9.53 Å². The topological polar surface area (TPSA) is 38.3 Å². The van der Waals surface area contributed by atoms with E-state index in [0.717, 1.165) is 11.1 Å². The van der Waals surface area contributed by atoms with Gasteiger partial charge in [-0.05, 0) is 25.0 Å². The van der Waals surface area contributed by atoms with Crippen LogP contribution in [0.25, 0.3) is 0 Å². The SMILES string of the molecule is COC(C(=O)NC(C)C)(c1ccccc1)c1ccccc1. The fourth-order valence-corrected chi connectivity index (χ4v) is 2.47.